The van der Waals surface area contributed by atoms with Crippen molar-refractivity contribution in [1.29, 1.82) is 0 Å². The van der Waals surface area contributed by atoms with Gasteiger partial charge in [-0.25, -0.2) is 0 Å². The van der Waals surface area contributed by atoms with Crippen molar-refractivity contribution in [3.8, 4) is 16.2 Å². The average molecular weight is 363 g/mol. The second-order valence-corrected chi connectivity index (χ2v) is 7.16. The second-order valence-electron chi connectivity index (χ2n) is 6.08. The lowest BCUT2D eigenvalue weighted by Crippen LogP contribution is -2.07. The number of carbonyl (C=O) groups excluding carboxylic acids is 1. The van der Waals surface area contributed by atoms with Crippen LogP contribution in [0.3, 0.4) is 0 Å². The largest absolute Gasteiger partial charge is 0.497 e. The smallest absolute Gasteiger partial charge is 0.195 e. The van der Waals surface area contributed by atoms with Crippen molar-refractivity contribution < 1.29 is 9.53 Å². The van der Waals surface area contributed by atoms with Crippen molar-refractivity contribution >= 4 is 28.9 Å². The minimum atomic E-state index is 0.0199. The van der Waals surface area contributed by atoms with Gasteiger partial charge >= 0.3 is 0 Å². The first kappa shape index (κ1) is 18.0. The summed E-state index contributed by atoms with van der Waals surface area (Å²) in [6.45, 7) is 0. The Morgan fingerprint density at radius 2 is 1.65 bits per heavy atom. The number of hydrogen-bond donors (Lipinski definition) is 0. The highest BCUT2D eigenvalue weighted by molar-refractivity contribution is 7.17. The van der Waals surface area contributed by atoms with Gasteiger partial charge < -0.3 is 9.64 Å². The first-order chi connectivity index (χ1) is 12.6. The first-order valence-corrected chi connectivity index (χ1v) is 9.12. The Morgan fingerprint density at radius 3 is 2.27 bits per heavy atom. The number of benzene rings is 2. The summed E-state index contributed by atoms with van der Waals surface area (Å²) in [4.78, 5) is 16.3. The summed E-state index contributed by atoms with van der Waals surface area (Å²) in [5.74, 6) is 0.844. The maximum atomic E-state index is 12.4. The Bertz CT molecular complexity index is 906. The van der Waals surface area contributed by atoms with Gasteiger partial charge in [-0.3, -0.25) is 4.79 Å². The predicted octanol–water partition coefficient (Wildman–Crippen LogP) is 5.39. The molecule has 3 aromatic rings. The number of allylic oxidation sites excluding steroid dienone is 1. The number of ether oxygens (including phenoxy) is 1. The molecule has 0 radical (unpaired) electrons. The molecular formula is C22H21NO2S. The van der Waals surface area contributed by atoms with Gasteiger partial charge in [0, 0.05) is 24.7 Å². The molecule has 0 atom stereocenters. The van der Waals surface area contributed by atoms with Gasteiger partial charge in [-0.1, -0.05) is 18.2 Å². The quantitative estimate of drug-likeness (QED) is 0.435. The Labute approximate surface area is 158 Å². The van der Waals surface area contributed by atoms with Crippen molar-refractivity contribution in [1.82, 2.24) is 0 Å². The summed E-state index contributed by atoms with van der Waals surface area (Å²) in [6.07, 6.45) is 3.49. The molecule has 4 heteroatoms. The fourth-order valence-corrected chi connectivity index (χ4v) is 3.45. The van der Waals surface area contributed by atoms with Crippen LogP contribution in [0.4, 0.5) is 5.69 Å². The molecule has 0 aliphatic rings. The molecule has 1 heterocycles. The van der Waals surface area contributed by atoms with Crippen molar-refractivity contribution in [3.05, 3.63) is 77.2 Å². The number of hydrogen-bond acceptors (Lipinski definition) is 4. The fourth-order valence-electron chi connectivity index (χ4n) is 2.52. The van der Waals surface area contributed by atoms with E-state index in [0.717, 1.165) is 32.3 Å². The summed E-state index contributed by atoms with van der Waals surface area (Å²) in [6, 6.07) is 19.8. The van der Waals surface area contributed by atoms with Crippen LogP contribution < -0.4 is 9.64 Å². The van der Waals surface area contributed by atoms with Crippen LogP contribution in [0.25, 0.3) is 16.5 Å². The van der Waals surface area contributed by atoms with Gasteiger partial charge in [0.1, 0.15) is 5.75 Å². The highest BCUT2D eigenvalue weighted by atomic mass is 32.1. The van der Waals surface area contributed by atoms with Crippen LogP contribution in [-0.4, -0.2) is 27.0 Å². The molecule has 0 saturated heterocycles. The van der Waals surface area contributed by atoms with E-state index in [0.29, 0.717) is 0 Å². The summed E-state index contributed by atoms with van der Waals surface area (Å²) >= 11 is 1.50. The molecule has 0 amide bonds. The van der Waals surface area contributed by atoms with E-state index in [9.17, 15) is 4.79 Å². The molecule has 0 aliphatic heterocycles. The van der Waals surface area contributed by atoms with Gasteiger partial charge in [-0.05, 0) is 65.7 Å². The van der Waals surface area contributed by atoms with Crippen molar-refractivity contribution in [2.75, 3.05) is 26.1 Å². The summed E-state index contributed by atoms with van der Waals surface area (Å²) in [5.41, 5.74) is 3.23. The number of ketones is 1. The summed E-state index contributed by atoms with van der Waals surface area (Å²) < 4.78 is 5.18. The minimum absolute atomic E-state index is 0.0199. The Hall–Kier alpha value is -2.85. The summed E-state index contributed by atoms with van der Waals surface area (Å²) in [5, 5.41) is 0. The molecule has 2 aromatic carbocycles. The normalized spacial score (nSPS) is 10.9. The molecular weight excluding hydrogens is 342 g/mol. The van der Waals surface area contributed by atoms with E-state index >= 15 is 0 Å². The standard InChI is InChI=1S/C22H21NO2S/c1-23(2)18-9-4-16(5-10-18)6-13-20(24)22-15-14-21(26-22)17-7-11-19(25-3)12-8-17/h4-15H,1-3H3. The van der Waals surface area contributed by atoms with Crippen LogP contribution in [-0.2, 0) is 0 Å². The molecule has 0 fully saturated rings. The van der Waals surface area contributed by atoms with E-state index in [1.807, 2.05) is 85.7 Å². The van der Waals surface area contributed by atoms with Gasteiger partial charge in [-0.2, -0.15) is 0 Å². The molecule has 132 valence electrons. The Morgan fingerprint density at radius 1 is 0.962 bits per heavy atom. The van der Waals surface area contributed by atoms with E-state index in [1.54, 1.807) is 13.2 Å². The van der Waals surface area contributed by atoms with Crippen molar-refractivity contribution in [3.63, 3.8) is 0 Å². The summed E-state index contributed by atoms with van der Waals surface area (Å²) in [7, 11) is 5.66. The average Bonchev–Trinajstić information content (AvgIpc) is 3.17. The zero-order valence-electron chi connectivity index (χ0n) is 15.1. The number of carbonyl (C=O) groups is 1. The van der Waals surface area contributed by atoms with Gasteiger partial charge in [0.05, 0.1) is 12.0 Å². The maximum absolute atomic E-state index is 12.4. The van der Waals surface area contributed by atoms with Gasteiger partial charge in [-0.15, -0.1) is 11.3 Å². The Kier molecular flexibility index (Phi) is 5.54. The second kappa shape index (κ2) is 8.02. The fraction of sp³-hybridized carbons (Fsp3) is 0.136. The van der Waals surface area contributed by atoms with E-state index in [-0.39, 0.29) is 5.78 Å². The molecule has 0 aliphatic carbocycles. The van der Waals surface area contributed by atoms with Crippen LogP contribution in [0, 0.1) is 0 Å². The first-order valence-electron chi connectivity index (χ1n) is 8.31. The molecule has 0 saturated carbocycles. The minimum Gasteiger partial charge on any atom is -0.497 e. The zero-order chi connectivity index (χ0) is 18.5. The molecule has 3 nitrogen and oxygen atoms in total. The number of anilines is 1. The van der Waals surface area contributed by atoms with Crippen LogP contribution in [0.1, 0.15) is 15.2 Å². The van der Waals surface area contributed by atoms with E-state index in [4.69, 9.17) is 4.74 Å². The highest BCUT2D eigenvalue weighted by Gasteiger charge is 2.08. The topological polar surface area (TPSA) is 29.5 Å². The van der Waals surface area contributed by atoms with Crippen LogP contribution in [0.5, 0.6) is 5.75 Å². The number of nitrogens with zero attached hydrogens (tertiary/aromatic N) is 1. The Balaban J connectivity index is 1.71. The van der Waals surface area contributed by atoms with Crippen LogP contribution >= 0.6 is 11.3 Å². The molecule has 0 N–H and O–H groups in total. The van der Waals surface area contributed by atoms with Gasteiger partial charge in [0.25, 0.3) is 0 Å². The third kappa shape index (κ3) is 4.21. The third-order valence-electron chi connectivity index (χ3n) is 4.06. The molecule has 0 spiro atoms. The number of rotatable bonds is 6. The number of thiophene rings is 1. The maximum Gasteiger partial charge on any atom is 0.195 e. The van der Waals surface area contributed by atoms with E-state index in [1.165, 1.54) is 11.3 Å². The van der Waals surface area contributed by atoms with Crippen molar-refractivity contribution in [2.24, 2.45) is 0 Å². The van der Waals surface area contributed by atoms with Gasteiger partial charge in [0.15, 0.2) is 5.78 Å². The zero-order valence-corrected chi connectivity index (χ0v) is 15.9. The van der Waals surface area contributed by atoms with E-state index in [2.05, 4.69) is 0 Å². The SMILES string of the molecule is COc1ccc(-c2ccc(C(=O)C=Cc3ccc(N(C)C)cc3)s2)cc1. The van der Waals surface area contributed by atoms with Crippen LogP contribution in [0.2, 0.25) is 0 Å². The predicted molar refractivity (Wildman–Crippen MR) is 110 cm³/mol. The highest BCUT2D eigenvalue weighted by Crippen LogP contribution is 2.30. The molecule has 3 rings (SSSR count). The van der Waals surface area contributed by atoms with Crippen molar-refractivity contribution in [2.45, 2.75) is 0 Å². The van der Waals surface area contributed by atoms with E-state index < -0.39 is 0 Å². The molecule has 0 unspecified atom stereocenters. The monoisotopic (exact) mass is 363 g/mol. The number of methoxy groups -OCH3 is 1. The lowest BCUT2D eigenvalue weighted by atomic mass is 10.1. The lowest BCUT2D eigenvalue weighted by molar-refractivity contribution is 0.105. The molecule has 0 bridgehead atoms. The third-order valence-corrected chi connectivity index (χ3v) is 5.21. The van der Waals surface area contributed by atoms with Gasteiger partial charge in [0.2, 0.25) is 0 Å². The lowest BCUT2D eigenvalue weighted by Gasteiger charge is -2.11. The van der Waals surface area contributed by atoms with Crippen LogP contribution in [0.15, 0.2) is 66.7 Å². The molecule has 1 aromatic heterocycles. The molecule has 26 heavy (non-hydrogen) atoms.